The minimum Gasteiger partial charge on any atom is -0.497 e. The lowest BCUT2D eigenvalue weighted by Crippen LogP contribution is -2.28. The summed E-state index contributed by atoms with van der Waals surface area (Å²) in [5, 5.41) is 4.27. The van der Waals surface area contributed by atoms with E-state index in [2.05, 4.69) is 78.5 Å². The van der Waals surface area contributed by atoms with Gasteiger partial charge in [0.25, 0.3) is 0 Å². The number of hydrogen-bond acceptors (Lipinski definition) is 3. The number of amides is 1. The Kier molecular flexibility index (Phi) is 8.50. The number of carbonyl (C=O) groups excluding carboxylic acids is 1. The Labute approximate surface area is 236 Å². The molecule has 0 spiro atoms. The maximum absolute atomic E-state index is 13.2. The van der Waals surface area contributed by atoms with Gasteiger partial charge in [-0.3, -0.25) is 4.79 Å². The average molecular weight is 533 g/mol. The highest BCUT2D eigenvalue weighted by atomic mass is 16.5. The quantitative estimate of drug-likeness (QED) is 0.189. The first-order valence-corrected chi connectivity index (χ1v) is 13.8. The topological polar surface area (TPSA) is 52.5 Å². The van der Waals surface area contributed by atoms with Crippen molar-refractivity contribution >= 4 is 16.8 Å². The molecule has 1 heterocycles. The lowest BCUT2D eigenvalue weighted by atomic mass is 9.88. The second-order valence-corrected chi connectivity index (χ2v) is 10.5. The van der Waals surface area contributed by atoms with Crippen molar-refractivity contribution in [2.45, 2.75) is 32.7 Å². The Bertz CT molecular complexity index is 1560. The van der Waals surface area contributed by atoms with E-state index in [9.17, 15) is 4.79 Å². The number of nitrogens with one attached hydrogen (secondary N) is 1. The van der Waals surface area contributed by atoms with Gasteiger partial charge in [-0.25, -0.2) is 0 Å². The van der Waals surface area contributed by atoms with Gasteiger partial charge in [0.05, 0.1) is 7.11 Å². The van der Waals surface area contributed by atoms with Crippen LogP contribution in [0.3, 0.4) is 0 Å². The Balaban J connectivity index is 1.53. The van der Waals surface area contributed by atoms with Gasteiger partial charge in [0.1, 0.15) is 17.2 Å². The van der Waals surface area contributed by atoms with E-state index < -0.39 is 0 Å². The highest BCUT2D eigenvalue weighted by Crippen LogP contribution is 2.37. The van der Waals surface area contributed by atoms with Crippen LogP contribution in [0, 0.1) is 5.92 Å². The summed E-state index contributed by atoms with van der Waals surface area (Å²) < 4.78 is 13.8. The number of hydrogen-bond donors (Lipinski definition) is 1. The fourth-order valence-corrected chi connectivity index (χ4v) is 5.01. The van der Waals surface area contributed by atoms with Crippen molar-refractivity contribution in [2.24, 2.45) is 5.92 Å². The van der Waals surface area contributed by atoms with E-state index >= 15 is 0 Å². The molecule has 0 fully saturated rings. The van der Waals surface area contributed by atoms with Crippen molar-refractivity contribution in [1.29, 1.82) is 0 Å². The molecule has 4 aromatic carbocycles. The summed E-state index contributed by atoms with van der Waals surface area (Å²) in [4.78, 5) is 13.2. The molecular formula is C35H36N2O3. The average Bonchev–Trinajstić information content (AvgIpc) is 3.34. The fourth-order valence-electron chi connectivity index (χ4n) is 5.01. The molecule has 0 bridgehead atoms. The molecule has 0 aliphatic rings. The standard InChI is InChI=1S/C35H36N2O3/c1-25(2)22-36-35(38)21-32(27-10-9-13-30(20-27)40-29-11-5-4-6-12-29)33-24-37(34-15-8-7-14-31(33)34)23-26-16-18-28(39-3)19-17-26/h4-20,24-25,32H,21-23H2,1-3H3,(H,36,38). The lowest BCUT2D eigenvalue weighted by Gasteiger charge is -2.19. The van der Waals surface area contributed by atoms with Crippen molar-refractivity contribution in [3.8, 4) is 17.2 Å². The SMILES string of the molecule is COc1ccc(Cn2cc(C(CC(=O)NCC(C)C)c3cccc(Oc4ccccc4)c3)c3ccccc32)cc1. The minimum absolute atomic E-state index is 0.0417. The van der Waals surface area contributed by atoms with Gasteiger partial charge in [-0.05, 0) is 65.1 Å². The lowest BCUT2D eigenvalue weighted by molar-refractivity contribution is -0.121. The van der Waals surface area contributed by atoms with E-state index in [-0.39, 0.29) is 11.8 Å². The van der Waals surface area contributed by atoms with Crippen LogP contribution in [-0.2, 0) is 11.3 Å². The molecule has 0 saturated carbocycles. The number of para-hydroxylation sites is 2. The van der Waals surface area contributed by atoms with Crippen molar-refractivity contribution in [3.05, 3.63) is 126 Å². The van der Waals surface area contributed by atoms with Crippen LogP contribution in [-0.4, -0.2) is 24.1 Å². The van der Waals surface area contributed by atoms with E-state index in [1.807, 2.05) is 54.6 Å². The predicted octanol–water partition coefficient (Wildman–Crippen LogP) is 7.78. The van der Waals surface area contributed by atoms with Crippen molar-refractivity contribution in [3.63, 3.8) is 0 Å². The fraction of sp³-hybridized carbons (Fsp3) is 0.229. The van der Waals surface area contributed by atoms with Gasteiger partial charge in [-0.2, -0.15) is 0 Å². The number of carbonyl (C=O) groups is 1. The van der Waals surface area contributed by atoms with Crippen LogP contribution in [0.4, 0.5) is 0 Å². The third-order valence-corrected chi connectivity index (χ3v) is 7.04. The number of aromatic nitrogens is 1. The molecule has 0 aliphatic carbocycles. The zero-order valence-electron chi connectivity index (χ0n) is 23.3. The molecule has 1 atom stereocenters. The van der Waals surface area contributed by atoms with Crippen molar-refractivity contribution in [1.82, 2.24) is 9.88 Å². The highest BCUT2D eigenvalue weighted by Gasteiger charge is 2.23. The van der Waals surface area contributed by atoms with Gasteiger partial charge < -0.3 is 19.4 Å². The number of rotatable bonds is 11. The van der Waals surface area contributed by atoms with Gasteiger partial charge in [-0.1, -0.05) is 74.5 Å². The van der Waals surface area contributed by atoms with E-state index in [1.54, 1.807) is 7.11 Å². The summed E-state index contributed by atoms with van der Waals surface area (Å²) in [6.45, 7) is 5.58. The first-order valence-electron chi connectivity index (χ1n) is 13.8. The summed E-state index contributed by atoms with van der Waals surface area (Å²) in [7, 11) is 1.68. The predicted molar refractivity (Wildman–Crippen MR) is 161 cm³/mol. The molecule has 5 aromatic rings. The molecule has 5 heteroatoms. The molecule has 1 unspecified atom stereocenters. The first-order chi connectivity index (χ1) is 19.5. The van der Waals surface area contributed by atoms with E-state index in [1.165, 1.54) is 5.56 Å². The van der Waals surface area contributed by atoms with Crippen LogP contribution in [0.2, 0.25) is 0 Å². The molecule has 0 aliphatic heterocycles. The largest absolute Gasteiger partial charge is 0.497 e. The van der Waals surface area contributed by atoms with Crippen LogP contribution in [0.15, 0.2) is 109 Å². The van der Waals surface area contributed by atoms with Gasteiger partial charge in [-0.15, -0.1) is 0 Å². The zero-order chi connectivity index (χ0) is 27.9. The molecule has 204 valence electrons. The van der Waals surface area contributed by atoms with Gasteiger partial charge >= 0.3 is 0 Å². The van der Waals surface area contributed by atoms with Crippen LogP contribution >= 0.6 is 0 Å². The third kappa shape index (κ3) is 6.55. The molecule has 1 amide bonds. The smallest absolute Gasteiger partial charge is 0.220 e. The summed E-state index contributed by atoms with van der Waals surface area (Å²) in [5.41, 5.74) is 4.48. The monoisotopic (exact) mass is 532 g/mol. The summed E-state index contributed by atoms with van der Waals surface area (Å²) in [5.74, 6) is 2.65. The summed E-state index contributed by atoms with van der Waals surface area (Å²) in [6.07, 6.45) is 2.55. The van der Waals surface area contributed by atoms with Crippen LogP contribution in [0.5, 0.6) is 17.2 Å². The van der Waals surface area contributed by atoms with Gasteiger partial charge in [0.2, 0.25) is 5.91 Å². The number of methoxy groups -OCH3 is 1. The van der Waals surface area contributed by atoms with Crippen LogP contribution < -0.4 is 14.8 Å². The Morgan fingerprint density at radius 1 is 0.825 bits per heavy atom. The van der Waals surface area contributed by atoms with Crippen LogP contribution in [0.1, 0.15) is 42.9 Å². The molecule has 1 N–H and O–H groups in total. The van der Waals surface area contributed by atoms with E-state index in [0.717, 1.165) is 39.3 Å². The molecule has 0 saturated heterocycles. The number of fused-ring (bicyclic) bond motifs is 1. The number of ether oxygens (including phenoxy) is 2. The maximum atomic E-state index is 13.2. The Hall–Kier alpha value is -4.51. The second-order valence-electron chi connectivity index (χ2n) is 10.5. The molecule has 0 radical (unpaired) electrons. The second kappa shape index (κ2) is 12.6. The summed E-state index contributed by atoms with van der Waals surface area (Å²) >= 11 is 0. The zero-order valence-corrected chi connectivity index (χ0v) is 23.3. The van der Waals surface area contributed by atoms with Crippen molar-refractivity contribution in [2.75, 3.05) is 13.7 Å². The molecular weight excluding hydrogens is 496 g/mol. The number of benzene rings is 4. The highest BCUT2D eigenvalue weighted by molar-refractivity contribution is 5.87. The maximum Gasteiger partial charge on any atom is 0.220 e. The van der Waals surface area contributed by atoms with Crippen LogP contribution in [0.25, 0.3) is 10.9 Å². The molecule has 1 aromatic heterocycles. The first kappa shape index (κ1) is 27.1. The van der Waals surface area contributed by atoms with Gasteiger partial charge in [0.15, 0.2) is 0 Å². The number of nitrogens with zero attached hydrogens (tertiary/aromatic N) is 1. The molecule has 5 nitrogen and oxygen atoms in total. The molecule has 5 rings (SSSR count). The van der Waals surface area contributed by atoms with Gasteiger partial charge in [0, 0.05) is 42.5 Å². The Morgan fingerprint density at radius 3 is 2.30 bits per heavy atom. The van der Waals surface area contributed by atoms with Crippen molar-refractivity contribution < 1.29 is 14.3 Å². The summed E-state index contributed by atoms with van der Waals surface area (Å²) in [6, 6.07) is 34.5. The Morgan fingerprint density at radius 2 is 1.55 bits per heavy atom. The van der Waals surface area contributed by atoms with E-state index in [0.29, 0.717) is 25.4 Å². The molecule has 40 heavy (non-hydrogen) atoms. The minimum atomic E-state index is -0.145. The van der Waals surface area contributed by atoms with E-state index in [4.69, 9.17) is 9.47 Å². The normalized spacial score (nSPS) is 11.9. The third-order valence-electron chi connectivity index (χ3n) is 7.04.